The quantitative estimate of drug-likeness (QED) is 0.469. The van der Waals surface area contributed by atoms with Crippen molar-refractivity contribution in [3.8, 4) is 5.75 Å². The van der Waals surface area contributed by atoms with Gasteiger partial charge in [-0.2, -0.15) is 0 Å². The van der Waals surface area contributed by atoms with E-state index in [1.165, 1.54) is 11.2 Å². The van der Waals surface area contributed by atoms with Gasteiger partial charge in [-0.05, 0) is 17.2 Å². The number of carbonyl (C=O) groups excluding carboxylic acids is 2. The van der Waals surface area contributed by atoms with Gasteiger partial charge in [-0.25, -0.2) is 4.98 Å². The number of carbonyl (C=O) groups is 2. The Hall–Kier alpha value is -3.69. The highest BCUT2D eigenvalue weighted by Crippen LogP contribution is 2.23. The number of aromatic nitrogens is 1. The van der Waals surface area contributed by atoms with E-state index in [2.05, 4.69) is 10.3 Å². The lowest BCUT2D eigenvalue weighted by atomic mass is 10.1. The van der Waals surface area contributed by atoms with Gasteiger partial charge in [0.1, 0.15) is 12.0 Å². The van der Waals surface area contributed by atoms with Gasteiger partial charge in [0, 0.05) is 25.1 Å². The fourth-order valence-corrected chi connectivity index (χ4v) is 3.78. The van der Waals surface area contributed by atoms with Gasteiger partial charge in [0.15, 0.2) is 12.2 Å². The number of amides is 2. The van der Waals surface area contributed by atoms with Crippen molar-refractivity contribution in [2.75, 3.05) is 7.11 Å². The molecule has 2 amide bonds. The summed E-state index contributed by atoms with van der Waals surface area (Å²) in [4.78, 5) is 30.6. The van der Waals surface area contributed by atoms with Crippen molar-refractivity contribution in [1.82, 2.24) is 15.2 Å². The van der Waals surface area contributed by atoms with Crippen molar-refractivity contribution in [1.29, 1.82) is 0 Å². The first-order valence-corrected chi connectivity index (χ1v) is 10.5. The molecule has 0 radical (unpaired) electrons. The third kappa shape index (κ3) is 5.05. The molecule has 1 aliphatic rings. The Morgan fingerprint density at radius 3 is 2.45 bits per heavy atom. The van der Waals surface area contributed by atoms with Gasteiger partial charge >= 0.3 is 0 Å². The van der Waals surface area contributed by atoms with Crippen LogP contribution in [0.25, 0.3) is 0 Å². The maximum atomic E-state index is 12.6. The van der Waals surface area contributed by atoms with E-state index in [9.17, 15) is 19.8 Å². The monoisotopic (exact) mass is 451 g/mol. The lowest BCUT2D eigenvalue weighted by Gasteiger charge is -2.22. The minimum atomic E-state index is -1.91. The minimum Gasteiger partial charge on any atom is -0.496 e. The molecule has 0 unspecified atom stereocenters. The van der Waals surface area contributed by atoms with E-state index in [4.69, 9.17) is 9.15 Å². The number of aliphatic hydroxyl groups excluding tert-OH is 2. The van der Waals surface area contributed by atoms with Crippen molar-refractivity contribution in [2.45, 2.75) is 38.3 Å². The van der Waals surface area contributed by atoms with Crippen LogP contribution in [0.3, 0.4) is 0 Å². The lowest BCUT2D eigenvalue weighted by Crippen LogP contribution is -2.49. The van der Waals surface area contributed by atoms with Crippen molar-refractivity contribution < 1.29 is 29.0 Å². The number of aliphatic hydroxyl groups is 2. The smallest absolute Gasteiger partial charge is 0.255 e. The molecule has 3 N–H and O–H groups in total. The first kappa shape index (κ1) is 22.5. The van der Waals surface area contributed by atoms with Gasteiger partial charge in [0.05, 0.1) is 19.3 Å². The van der Waals surface area contributed by atoms with Crippen LogP contribution in [0.5, 0.6) is 5.75 Å². The van der Waals surface area contributed by atoms with Gasteiger partial charge in [-0.3, -0.25) is 9.59 Å². The van der Waals surface area contributed by atoms with Crippen LogP contribution >= 0.6 is 0 Å². The topological polar surface area (TPSA) is 125 Å². The summed E-state index contributed by atoms with van der Waals surface area (Å²) in [6, 6.07) is 15.1. The number of para-hydroxylation sites is 1. The van der Waals surface area contributed by atoms with Gasteiger partial charge in [-0.15, -0.1) is 0 Å². The average molecular weight is 451 g/mol. The van der Waals surface area contributed by atoms with Crippen molar-refractivity contribution in [3.05, 3.63) is 83.1 Å². The van der Waals surface area contributed by atoms with Gasteiger partial charge in [0.25, 0.3) is 11.8 Å². The maximum absolute atomic E-state index is 12.6. The fraction of sp³-hybridized carbons (Fsp3) is 0.292. The van der Waals surface area contributed by atoms with Gasteiger partial charge in [-0.1, -0.05) is 42.5 Å². The van der Waals surface area contributed by atoms with Gasteiger partial charge < -0.3 is 29.6 Å². The predicted octanol–water partition coefficient (Wildman–Crippen LogP) is 1.15. The molecule has 172 valence electrons. The van der Waals surface area contributed by atoms with Crippen LogP contribution in [-0.4, -0.2) is 51.2 Å². The predicted molar refractivity (Wildman–Crippen MR) is 117 cm³/mol. The zero-order valence-electron chi connectivity index (χ0n) is 18.1. The summed E-state index contributed by atoms with van der Waals surface area (Å²) in [6.07, 6.45) is -1.82. The summed E-state index contributed by atoms with van der Waals surface area (Å²) in [6.45, 7) is 0.551. The van der Waals surface area contributed by atoms with Crippen molar-refractivity contribution >= 4 is 11.8 Å². The summed E-state index contributed by atoms with van der Waals surface area (Å²) in [7, 11) is 1.59. The molecule has 0 spiro atoms. The van der Waals surface area contributed by atoms with E-state index in [1.807, 2.05) is 48.5 Å². The molecule has 2 aromatic carbocycles. The van der Waals surface area contributed by atoms with Crippen LogP contribution in [0.2, 0.25) is 0 Å². The van der Waals surface area contributed by atoms with Crippen LogP contribution < -0.4 is 10.1 Å². The number of nitrogens with one attached hydrogen (secondary N) is 1. The molecular formula is C24H25N3O6. The number of nitrogens with zero attached hydrogens (tertiary/aromatic N) is 2. The maximum Gasteiger partial charge on any atom is 0.255 e. The zero-order chi connectivity index (χ0) is 23.4. The molecule has 0 aliphatic carbocycles. The lowest BCUT2D eigenvalue weighted by molar-refractivity contribution is -0.153. The number of hydrogen-bond donors (Lipinski definition) is 3. The number of benzene rings is 2. The summed E-state index contributed by atoms with van der Waals surface area (Å²) >= 11 is 0. The second kappa shape index (κ2) is 9.85. The average Bonchev–Trinajstić information content (AvgIpc) is 3.48. The summed E-state index contributed by atoms with van der Waals surface area (Å²) in [5.74, 6) is -0.629. The highest BCUT2D eigenvalue weighted by atomic mass is 16.5. The Labute approximate surface area is 190 Å². The standard InChI is InChI=1S/C24H25N3O6/c1-32-19-9-5-4-6-15(19)10-18-14-33-20(26-18)11-25-23(30)21(28)22(29)24(31)27-12-16-7-2-3-8-17(16)13-27/h2-9,14,21-22,28-29H,10-13H2,1H3,(H,25,30)/t21-,22-/m1/s1. The number of fused-ring (bicyclic) bond motifs is 1. The molecule has 9 heteroatoms. The Morgan fingerprint density at radius 2 is 1.76 bits per heavy atom. The normalized spacial score (nSPS) is 14.5. The largest absolute Gasteiger partial charge is 0.496 e. The Balaban J connectivity index is 1.29. The van der Waals surface area contributed by atoms with E-state index >= 15 is 0 Å². The Kier molecular flexibility index (Phi) is 6.71. The molecule has 0 bridgehead atoms. The molecule has 0 saturated heterocycles. The molecule has 0 saturated carbocycles. The summed E-state index contributed by atoms with van der Waals surface area (Å²) in [5.41, 5.74) is 3.53. The summed E-state index contributed by atoms with van der Waals surface area (Å²) < 4.78 is 10.7. The van der Waals surface area contributed by atoms with Crippen LogP contribution in [0, 0.1) is 0 Å². The molecule has 2 atom stereocenters. The highest BCUT2D eigenvalue weighted by molar-refractivity contribution is 5.90. The molecular weight excluding hydrogens is 426 g/mol. The molecule has 3 aromatic rings. The van der Waals surface area contributed by atoms with Crippen LogP contribution in [0.15, 0.2) is 59.2 Å². The summed E-state index contributed by atoms with van der Waals surface area (Å²) in [5, 5.41) is 22.9. The fourth-order valence-electron chi connectivity index (χ4n) is 3.78. The third-order valence-electron chi connectivity index (χ3n) is 5.55. The number of ether oxygens (including phenoxy) is 1. The van der Waals surface area contributed by atoms with Gasteiger partial charge in [0.2, 0.25) is 5.89 Å². The van der Waals surface area contributed by atoms with E-state index in [1.54, 1.807) is 7.11 Å². The number of oxazole rings is 1. The Morgan fingerprint density at radius 1 is 1.09 bits per heavy atom. The van der Waals surface area contributed by atoms with E-state index in [-0.39, 0.29) is 12.4 Å². The molecule has 4 rings (SSSR count). The van der Waals surface area contributed by atoms with Crippen LogP contribution in [-0.2, 0) is 35.6 Å². The SMILES string of the molecule is COc1ccccc1Cc1coc(CNC(=O)[C@H](O)[C@@H](O)C(=O)N2Cc3ccccc3C2)n1. The molecule has 0 fully saturated rings. The van der Waals surface area contributed by atoms with Crippen molar-refractivity contribution in [2.24, 2.45) is 0 Å². The molecule has 1 aromatic heterocycles. The second-order valence-electron chi connectivity index (χ2n) is 7.79. The molecule has 2 heterocycles. The first-order chi connectivity index (χ1) is 16.0. The van der Waals surface area contributed by atoms with E-state index < -0.39 is 24.0 Å². The van der Waals surface area contributed by atoms with Crippen LogP contribution in [0.1, 0.15) is 28.3 Å². The number of hydrogen-bond acceptors (Lipinski definition) is 7. The molecule has 33 heavy (non-hydrogen) atoms. The number of rotatable bonds is 8. The zero-order valence-corrected chi connectivity index (χ0v) is 18.1. The minimum absolute atomic E-state index is 0.0993. The van der Waals surface area contributed by atoms with E-state index in [0.717, 1.165) is 22.4 Å². The van der Waals surface area contributed by atoms with Crippen molar-refractivity contribution in [3.63, 3.8) is 0 Å². The van der Waals surface area contributed by atoms with Crippen LogP contribution in [0.4, 0.5) is 0 Å². The highest BCUT2D eigenvalue weighted by Gasteiger charge is 2.35. The van der Waals surface area contributed by atoms with E-state index in [0.29, 0.717) is 25.2 Å². The third-order valence-corrected chi connectivity index (χ3v) is 5.55. The second-order valence-corrected chi connectivity index (χ2v) is 7.79. The number of methoxy groups -OCH3 is 1. The first-order valence-electron chi connectivity index (χ1n) is 10.5. The molecule has 9 nitrogen and oxygen atoms in total. The molecule has 1 aliphatic heterocycles. The Bertz CT molecular complexity index is 1120.